The number of methoxy groups -OCH3 is 1. The Kier molecular flexibility index (Phi) is 6.91. The first-order chi connectivity index (χ1) is 15.1. The Bertz CT molecular complexity index is 892. The van der Waals surface area contributed by atoms with E-state index in [-0.39, 0.29) is 16.5 Å². The van der Waals surface area contributed by atoms with Gasteiger partial charge in [-0.25, -0.2) is 5.43 Å². The van der Waals surface area contributed by atoms with E-state index in [0.717, 1.165) is 51.9 Å². The fourth-order valence-electron chi connectivity index (χ4n) is 3.86. The largest absolute Gasteiger partial charge is 0.503 e. The molecule has 0 radical (unpaired) electrons. The molecule has 1 aromatic carbocycles. The van der Waals surface area contributed by atoms with Crippen molar-refractivity contribution in [3.63, 3.8) is 0 Å². The Morgan fingerprint density at radius 3 is 2.10 bits per heavy atom. The van der Waals surface area contributed by atoms with Crippen molar-refractivity contribution in [2.45, 2.75) is 38.5 Å². The van der Waals surface area contributed by atoms with Crippen LogP contribution in [-0.2, 0) is 0 Å². The maximum atomic E-state index is 9.88. The van der Waals surface area contributed by atoms with Crippen LogP contribution in [-0.4, -0.2) is 59.6 Å². The zero-order valence-corrected chi connectivity index (χ0v) is 18.5. The molecule has 9 nitrogen and oxygen atoms in total. The Labute approximate surface area is 187 Å². The van der Waals surface area contributed by atoms with Crippen molar-refractivity contribution in [2.24, 2.45) is 5.10 Å². The van der Waals surface area contributed by atoms with Gasteiger partial charge in [-0.05, 0) is 56.2 Å². The zero-order chi connectivity index (χ0) is 21.6. The van der Waals surface area contributed by atoms with Gasteiger partial charge in [-0.2, -0.15) is 20.1 Å². The van der Waals surface area contributed by atoms with E-state index in [1.807, 2.05) is 0 Å². The molecular formula is C21H28ClN7O2. The lowest BCUT2D eigenvalue weighted by atomic mass is 10.1. The first-order valence-electron chi connectivity index (χ1n) is 10.8. The maximum absolute atomic E-state index is 9.88. The fraction of sp³-hybridized carbons (Fsp3) is 0.524. The predicted octanol–water partition coefficient (Wildman–Crippen LogP) is 3.67. The second-order valence-corrected chi connectivity index (χ2v) is 8.19. The highest BCUT2D eigenvalue weighted by Crippen LogP contribution is 2.34. The highest BCUT2D eigenvalue weighted by molar-refractivity contribution is 6.32. The van der Waals surface area contributed by atoms with E-state index < -0.39 is 0 Å². The summed E-state index contributed by atoms with van der Waals surface area (Å²) in [5.74, 6) is 1.99. The number of anilines is 3. The van der Waals surface area contributed by atoms with E-state index >= 15 is 0 Å². The molecule has 2 saturated heterocycles. The molecule has 2 aromatic rings. The number of phenols is 1. The van der Waals surface area contributed by atoms with Crippen molar-refractivity contribution in [1.29, 1.82) is 0 Å². The minimum Gasteiger partial charge on any atom is -0.503 e. The van der Waals surface area contributed by atoms with Gasteiger partial charge >= 0.3 is 0 Å². The van der Waals surface area contributed by atoms with Gasteiger partial charge in [0.1, 0.15) is 0 Å². The van der Waals surface area contributed by atoms with Gasteiger partial charge in [-0.15, -0.1) is 0 Å². The van der Waals surface area contributed by atoms with Gasteiger partial charge < -0.3 is 19.6 Å². The third-order valence-corrected chi connectivity index (χ3v) is 5.83. The first kappa shape index (κ1) is 21.4. The number of hydrazone groups is 1. The Morgan fingerprint density at radius 1 is 0.968 bits per heavy atom. The maximum Gasteiger partial charge on any atom is 0.250 e. The van der Waals surface area contributed by atoms with E-state index in [0.29, 0.717) is 23.4 Å². The Morgan fingerprint density at radius 2 is 1.55 bits per heavy atom. The van der Waals surface area contributed by atoms with Crippen molar-refractivity contribution in [1.82, 2.24) is 15.0 Å². The number of ether oxygens (including phenoxy) is 1. The Balaban J connectivity index is 1.56. The summed E-state index contributed by atoms with van der Waals surface area (Å²) in [6.45, 7) is 3.83. The quantitative estimate of drug-likeness (QED) is 0.513. The highest BCUT2D eigenvalue weighted by Gasteiger charge is 2.20. The molecule has 2 aliphatic rings. The second kappa shape index (κ2) is 10.00. The van der Waals surface area contributed by atoms with Crippen LogP contribution < -0.4 is 20.0 Å². The zero-order valence-electron chi connectivity index (χ0n) is 17.7. The molecule has 0 aliphatic carbocycles. The van der Waals surface area contributed by atoms with Gasteiger partial charge in [0.15, 0.2) is 11.5 Å². The molecule has 0 amide bonds. The lowest BCUT2D eigenvalue weighted by Crippen LogP contribution is -2.34. The number of hydrogen-bond donors (Lipinski definition) is 2. The molecule has 166 valence electrons. The van der Waals surface area contributed by atoms with Gasteiger partial charge in [-0.3, -0.25) is 0 Å². The molecule has 0 bridgehead atoms. The van der Waals surface area contributed by atoms with Gasteiger partial charge in [-0.1, -0.05) is 11.6 Å². The van der Waals surface area contributed by atoms with Crippen LogP contribution in [0.15, 0.2) is 17.2 Å². The van der Waals surface area contributed by atoms with Crippen LogP contribution in [0.2, 0.25) is 5.02 Å². The number of rotatable bonds is 6. The first-order valence-corrected chi connectivity index (χ1v) is 11.1. The SMILES string of the molecule is COc1cc(/C=N\Nc2nc(N3CCCCC3)nc(N3CCCCC3)n2)cc(Cl)c1O. The lowest BCUT2D eigenvalue weighted by Gasteiger charge is -2.30. The minimum atomic E-state index is -0.0934. The summed E-state index contributed by atoms with van der Waals surface area (Å²) < 4.78 is 5.14. The van der Waals surface area contributed by atoms with Crippen molar-refractivity contribution < 1.29 is 9.84 Å². The number of phenolic OH excluding ortho intramolecular Hbond substituents is 1. The lowest BCUT2D eigenvalue weighted by molar-refractivity contribution is 0.373. The highest BCUT2D eigenvalue weighted by atomic mass is 35.5. The summed E-state index contributed by atoms with van der Waals surface area (Å²) in [7, 11) is 1.47. The number of halogens is 1. The Hall–Kier alpha value is -2.81. The number of nitrogens with zero attached hydrogens (tertiary/aromatic N) is 6. The third-order valence-electron chi connectivity index (χ3n) is 5.54. The summed E-state index contributed by atoms with van der Waals surface area (Å²) >= 11 is 6.05. The van der Waals surface area contributed by atoms with E-state index in [2.05, 4.69) is 30.3 Å². The average molecular weight is 446 g/mol. The predicted molar refractivity (Wildman–Crippen MR) is 123 cm³/mol. The molecule has 10 heteroatoms. The third kappa shape index (κ3) is 5.28. The molecule has 0 saturated carbocycles. The van der Waals surface area contributed by atoms with Crippen LogP contribution in [0.25, 0.3) is 0 Å². The molecule has 1 aromatic heterocycles. The molecule has 4 rings (SSSR count). The summed E-state index contributed by atoms with van der Waals surface area (Å²) in [6.07, 6.45) is 8.66. The number of nitrogens with one attached hydrogen (secondary N) is 1. The summed E-state index contributed by atoms with van der Waals surface area (Å²) in [4.78, 5) is 18.4. The van der Waals surface area contributed by atoms with Crippen molar-refractivity contribution in [3.8, 4) is 11.5 Å². The molecule has 0 atom stereocenters. The summed E-state index contributed by atoms with van der Waals surface area (Å²) in [6, 6.07) is 3.26. The second-order valence-electron chi connectivity index (χ2n) is 7.78. The van der Waals surface area contributed by atoms with Gasteiger partial charge in [0.05, 0.1) is 18.3 Å². The molecule has 31 heavy (non-hydrogen) atoms. The van der Waals surface area contributed by atoms with Crippen molar-refractivity contribution in [3.05, 3.63) is 22.7 Å². The number of aromatic hydroxyl groups is 1. The number of piperidine rings is 2. The topological polar surface area (TPSA) is 99.0 Å². The monoisotopic (exact) mass is 445 g/mol. The van der Waals surface area contributed by atoms with E-state index in [1.165, 1.54) is 20.0 Å². The van der Waals surface area contributed by atoms with E-state index in [9.17, 15) is 5.11 Å². The van der Waals surface area contributed by atoms with Crippen LogP contribution in [0.1, 0.15) is 44.1 Å². The van der Waals surface area contributed by atoms with E-state index in [4.69, 9.17) is 21.3 Å². The van der Waals surface area contributed by atoms with Crippen LogP contribution >= 0.6 is 11.6 Å². The minimum absolute atomic E-state index is 0.0934. The molecule has 0 unspecified atom stereocenters. The fourth-order valence-corrected chi connectivity index (χ4v) is 4.08. The smallest absolute Gasteiger partial charge is 0.250 e. The summed E-state index contributed by atoms with van der Waals surface area (Å²) in [5.41, 5.74) is 3.61. The number of aromatic nitrogens is 3. The summed E-state index contributed by atoms with van der Waals surface area (Å²) in [5, 5.41) is 14.3. The van der Waals surface area contributed by atoms with Crippen LogP contribution in [0.5, 0.6) is 11.5 Å². The molecule has 0 spiro atoms. The molecule has 2 aliphatic heterocycles. The normalized spacial score (nSPS) is 17.2. The molecular weight excluding hydrogens is 418 g/mol. The molecule has 3 heterocycles. The van der Waals surface area contributed by atoms with Crippen LogP contribution in [0.3, 0.4) is 0 Å². The number of benzene rings is 1. The van der Waals surface area contributed by atoms with Gasteiger partial charge in [0.25, 0.3) is 0 Å². The number of hydrogen-bond acceptors (Lipinski definition) is 9. The standard InChI is InChI=1S/C21H28ClN7O2/c1-31-17-13-15(12-16(22)18(17)30)14-23-27-19-24-20(28-8-4-2-5-9-28)26-21(25-19)29-10-6-3-7-11-29/h12-14,30H,2-11H2,1H3,(H,24,25,26,27)/b23-14-. The van der Waals surface area contributed by atoms with Crippen molar-refractivity contribution in [2.75, 3.05) is 48.5 Å². The van der Waals surface area contributed by atoms with Crippen LogP contribution in [0.4, 0.5) is 17.8 Å². The van der Waals surface area contributed by atoms with Gasteiger partial charge in [0.2, 0.25) is 17.8 Å². The molecule has 2 N–H and O–H groups in total. The van der Waals surface area contributed by atoms with Gasteiger partial charge in [0, 0.05) is 26.2 Å². The van der Waals surface area contributed by atoms with Crippen molar-refractivity contribution >= 4 is 35.7 Å². The van der Waals surface area contributed by atoms with E-state index in [1.54, 1.807) is 18.3 Å². The van der Waals surface area contributed by atoms with Crippen LogP contribution in [0, 0.1) is 0 Å². The molecule has 2 fully saturated rings. The average Bonchev–Trinajstić information content (AvgIpc) is 2.82.